The van der Waals surface area contributed by atoms with Gasteiger partial charge in [0.1, 0.15) is 0 Å². The minimum atomic E-state index is -0.596. The molecule has 1 aliphatic rings. The monoisotopic (exact) mass is 243 g/mol. The number of primary amides is 1. The summed E-state index contributed by atoms with van der Waals surface area (Å²) in [5.41, 5.74) is 10.2. The van der Waals surface area contributed by atoms with Crippen molar-refractivity contribution in [2.45, 2.75) is 25.9 Å². The van der Waals surface area contributed by atoms with Crippen molar-refractivity contribution in [1.29, 1.82) is 0 Å². The van der Waals surface area contributed by atoms with Gasteiger partial charge in [-0.3, -0.25) is 9.59 Å². The summed E-state index contributed by atoms with van der Waals surface area (Å²) in [6.45, 7) is 3.06. The van der Waals surface area contributed by atoms with E-state index in [1.54, 1.807) is 11.8 Å². The number of nitrogens with two attached hydrogens (primary N) is 2. The summed E-state index contributed by atoms with van der Waals surface area (Å²) < 4.78 is 5.06. The van der Waals surface area contributed by atoms with Crippen LogP contribution in [-0.4, -0.2) is 49.6 Å². The van der Waals surface area contributed by atoms with Crippen molar-refractivity contribution in [2.75, 3.05) is 26.7 Å². The molecule has 6 heteroatoms. The molecule has 1 rings (SSSR count). The SMILES string of the molecule is COC(CN)CC(=O)N1CCC(C)(C(N)=O)C1. The van der Waals surface area contributed by atoms with Crippen molar-refractivity contribution in [3.05, 3.63) is 0 Å². The lowest BCUT2D eigenvalue weighted by Gasteiger charge is -2.22. The van der Waals surface area contributed by atoms with Gasteiger partial charge in [0.25, 0.3) is 0 Å². The molecule has 98 valence electrons. The number of amides is 2. The summed E-state index contributed by atoms with van der Waals surface area (Å²) in [6, 6.07) is 0. The molecule has 0 bridgehead atoms. The first-order valence-corrected chi connectivity index (χ1v) is 5.73. The molecular weight excluding hydrogens is 222 g/mol. The first-order chi connectivity index (χ1) is 7.92. The highest BCUT2D eigenvalue weighted by Gasteiger charge is 2.40. The Morgan fingerprint density at radius 1 is 1.53 bits per heavy atom. The molecule has 1 heterocycles. The van der Waals surface area contributed by atoms with Crippen LogP contribution in [0.1, 0.15) is 19.8 Å². The number of hydrogen-bond donors (Lipinski definition) is 2. The van der Waals surface area contributed by atoms with Crippen LogP contribution in [0.4, 0.5) is 0 Å². The minimum absolute atomic E-state index is 0.0349. The molecule has 0 spiro atoms. The molecule has 0 aliphatic carbocycles. The largest absolute Gasteiger partial charge is 0.380 e. The fourth-order valence-electron chi connectivity index (χ4n) is 1.96. The second kappa shape index (κ2) is 5.46. The Morgan fingerprint density at radius 2 is 2.18 bits per heavy atom. The number of carbonyl (C=O) groups excluding carboxylic acids is 2. The molecule has 0 saturated carbocycles. The van der Waals surface area contributed by atoms with Crippen molar-refractivity contribution < 1.29 is 14.3 Å². The van der Waals surface area contributed by atoms with Crippen LogP contribution in [0.3, 0.4) is 0 Å². The van der Waals surface area contributed by atoms with Gasteiger partial charge >= 0.3 is 0 Å². The second-order valence-electron chi connectivity index (χ2n) is 4.79. The van der Waals surface area contributed by atoms with Crippen molar-refractivity contribution in [3.63, 3.8) is 0 Å². The quantitative estimate of drug-likeness (QED) is 0.652. The van der Waals surface area contributed by atoms with Crippen LogP contribution in [0.2, 0.25) is 0 Å². The van der Waals surface area contributed by atoms with Gasteiger partial charge in [0.2, 0.25) is 11.8 Å². The normalized spacial score (nSPS) is 25.9. The van der Waals surface area contributed by atoms with Crippen LogP contribution < -0.4 is 11.5 Å². The molecule has 0 aromatic rings. The maximum atomic E-state index is 11.9. The zero-order valence-corrected chi connectivity index (χ0v) is 10.4. The van der Waals surface area contributed by atoms with E-state index in [-0.39, 0.29) is 24.3 Å². The predicted molar refractivity (Wildman–Crippen MR) is 63.0 cm³/mol. The molecule has 1 aliphatic heterocycles. The van der Waals surface area contributed by atoms with Crippen LogP contribution in [0, 0.1) is 5.41 Å². The fourth-order valence-corrected chi connectivity index (χ4v) is 1.96. The van der Waals surface area contributed by atoms with Gasteiger partial charge in [-0.15, -0.1) is 0 Å². The molecule has 2 amide bonds. The Kier molecular flexibility index (Phi) is 4.47. The Balaban J connectivity index is 2.54. The third-order valence-corrected chi connectivity index (χ3v) is 3.42. The van der Waals surface area contributed by atoms with E-state index in [0.29, 0.717) is 26.1 Å². The maximum absolute atomic E-state index is 11.9. The molecule has 6 nitrogen and oxygen atoms in total. The van der Waals surface area contributed by atoms with E-state index in [1.807, 2.05) is 0 Å². The molecule has 17 heavy (non-hydrogen) atoms. The predicted octanol–water partition coefficient (Wildman–Crippen LogP) is -0.926. The molecule has 2 atom stereocenters. The number of methoxy groups -OCH3 is 1. The number of rotatable bonds is 5. The fraction of sp³-hybridized carbons (Fsp3) is 0.818. The van der Waals surface area contributed by atoms with Gasteiger partial charge in [-0.05, 0) is 13.3 Å². The number of ether oxygens (including phenoxy) is 1. The first kappa shape index (κ1) is 13.9. The van der Waals surface area contributed by atoms with Gasteiger partial charge in [-0.25, -0.2) is 0 Å². The molecular formula is C11H21N3O3. The lowest BCUT2D eigenvalue weighted by atomic mass is 9.89. The first-order valence-electron chi connectivity index (χ1n) is 5.73. The smallest absolute Gasteiger partial charge is 0.225 e. The van der Waals surface area contributed by atoms with Gasteiger partial charge in [0, 0.05) is 26.7 Å². The van der Waals surface area contributed by atoms with E-state index >= 15 is 0 Å². The average Bonchev–Trinajstić information content (AvgIpc) is 2.70. The van der Waals surface area contributed by atoms with E-state index in [4.69, 9.17) is 16.2 Å². The molecule has 4 N–H and O–H groups in total. The van der Waals surface area contributed by atoms with Gasteiger partial charge in [0.05, 0.1) is 17.9 Å². The highest BCUT2D eigenvalue weighted by Crippen LogP contribution is 2.29. The van der Waals surface area contributed by atoms with E-state index in [1.165, 1.54) is 7.11 Å². The van der Waals surface area contributed by atoms with Crippen LogP contribution in [0.15, 0.2) is 0 Å². The van der Waals surface area contributed by atoms with Gasteiger partial charge in [-0.2, -0.15) is 0 Å². The van der Waals surface area contributed by atoms with Crippen molar-refractivity contribution in [2.24, 2.45) is 16.9 Å². The van der Waals surface area contributed by atoms with Gasteiger partial charge in [0.15, 0.2) is 0 Å². The second-order valence-corrected chi connectivity index (χ2v) is 4.79. The Hall–Kier alpha value is -1.14. The van der Waals surface area contributed by atoms with Crippen LogP contribution in [0.5, 0.6) is 0 Å². The molecule has 0 aromatic heterocycles. The highest BCUT2D eigenvalue weighted by atomic mass is 16.5. The zero-order chi connectivity index (χ0) is 13.1. The molecule has 0 aromatic carbocycles. The van der Waals surface area contributed by atoms with E-state index in [0.717, 1.165) is 0 Å². The lowest BCUT2D eigenvalue weighted by molar-refractivity contribution is -0.133. The zero-order valence-electron chi connectivity index (χ0n) is 10.4. The average molecular weight is 243 g/mol. The molecule has 0 radical (unpaired) electrons. The molecule has 1 saturated heterocycles. The Morgan fingerprint density at radius 3 is 2.59 bits per heavy atom. The summed E-state index contributed by atoms with van der Waals surface area (Å²) in [5.74, 6) is -0.387. The number of nitrogens with zero attached hydrogens (tertiary/aromatic N) is 1. The van der Waals surface area contributed by atoms with Crippen molar-refractivity contribution in [1.82, 2.24) is 4.90 Å². The number of likely N-dealkylation sites (tertiary alicyclic amines) is 1. The summed E-state index contributed by atoms with van der Waals surface area (Å²) in [6.07, 6.45) is 0.610. The summed E-state index contributed by atoms with van der Waals surface area (Å²) >= 11 is 0. The van der Waals surface area contributed by atoms with E-state index in [9.17, 15) is 9.59 Å². The van der Waals surface area contributed by atoms with E-state index in [2.05, 4.69) is 0 Å². The van der Waals surface area contributed by atoms with Crippen molar-refractivity contribution >= 4 is 11.8 Å². The summed E-state index contributed by atoms with van der Waals surface area (Å²) in [5, 5.41) is 0. The van der Waals surface area contributed by atoms with Crippen LogP contribution >= 0.6 is 0 Å². The van der Waals surface area contributed by atoms with Crippen LogP contribution in [0.25, 0.3) is 0 Å². The third-order valence-electron chi connectivity index (χ3n) is 3.42. The maximum Gasteiger partial charge on any atom is 0.225 e. The van der Waals surface area contributed by atoms with Crippen LogP contribution in [-0.2, 0) is 14.3 Å². The topological polar surface area (TPSA) is 98.7 Å². The highest BCUT2D eigenvalue weighted by molar-refractivity contribution is 5.83. The Labute approximate surface area is 101 Å². The summed E-state index contributed by atoms with van der Waals surface area (Å²) in [7, 11) is 1.53. The van der Waals surface area contributed by atoms with Crippen molar-refractivity contribution in [3.8, 4) is 0 Å². The number of carbonyl (C=O) groups is 2. The van der Waals surface area contributed by atoms with Gasteiger partial charge in [-0.1, -0.05) is 0 Å². The van der Waals surface area contributed by atoms with E-state index < -0.39 is 5.41 Å². The molecule has 2 unspecified atom stereocenters. The lowest BCUT2D eigenvalue weighted by Crippen LogP contribution is -2.40. The third kappa shape index (κ3) is 3.17. The number of hydrogen-bond acceptors (Lipinski definition) is 4. The Bertz CT molecular complexity index is 304. The minimum Gasteiger partial charge on any atom is -0.380 e. The van der Waals surface area contributed by atoms with Gasteiger partial charge < -0.3 is 21.1 Å². The standard InChI is InChI=1S/C11H21N3O3/c1-11(10(13)16)3-4-14(7-11)9(15)5-8(6-12)17-2/h8H,3-7,12H2,1-2H3,(H2,13,16). The summed E-state index contributed by atoms with van der Waals surface area (Å²) in [4.78, 5) is 24.8. The molecule has 1 fully saturated rings.